The fourth-order valence-electron chi connectivity index (χ4n) is 1.83. The van der Waals surface area contributed by atoms with Gasteiger partial charge >= 0.3 is 0 Å². The highest BCUT2D eigenvalue weighted by molar-refractivity contribution is 8.00. The van der Waals surface area contributed by atoms with Gasteiger partial charge in [-0.05, 0) is 29.8 Å². The second-order valence-corrected chi connectivity index (χ2v) is 5.47. The minimum atomic E-state index is -0.315. The van der Waals surface area contributed by atoms with Crippen LogP contribution in [0.1, 0.15) is 5.56 Å². The third-order valence-corrected chi connectivity index (χ3v) is 3.99. The molecule has 0 aliphatic rings. The molecule has 0 aliphatic carbocycles. The number of carbonyl (C=O) groups excluding carboxylic acids is 1. The van der Waals surface area contributed by atoms with Gasteiger partial charge in [-0.15, -0.1) is 11.8 Å². The summed E-state index contributed by atoms with van der Waals surface area (Å²) in [7, 11) is 1.65. The van der Waals surface area contributed by atoms with Crippen LogP contribution in [0.4, 0.5) is 5.69 Å². The summed E-state index contributed by atoms with van der Waals surface area (Å²) in [5.41, 5.74) is 7.35. The monoisotopic (exact) mass is 302 g/mol. The first kappa shape index (κ1) is 15.3. The molecule has 0 saturated carbocycles. The van der Waals surface area contributed by atoms with Crippen molar-refractivity contribution in [2.75, 3.05) is 18.2 Å². The number of carbonyl (C=O) groups is 1. The number of benzene rings is 2. The number of hydrogen-bond donors (Lipinski definition) is 2. The molecule has 0 atom stereocenters. The van der Waals surface area contributed by atoms with E-state index in [4.69, 9.17) is 10.5 Å². The minimum Gasteiger partial charge on any atom is -0.497 e. The quantitative estimate of drug-likeness (QED) is 0.772. The van der Waals surface area contributed by atoms with E-state index in [1.165, 1.54) is 11.8 Å². The third-order valence-electron chi connectivity index (χ3n) is 2.90. The molecule has 0 fully saturated rings. The van der Waals surface area contributed by atoms with Crippen molar-refractivity contribution in [1.82, 2.24) is 0 Å². The van der Waals surface area contributed by atoms with Crippen molar-refractivity contribution in [3.8, 4) is 5.75 Å². The first-order valence-electron chi connectivity index (χ1n) is 6.56. The molecule has 2 rings (SSSR count). The van der Waals surface area contributed by atoms with Crippen LogP contribution in [0.3, 0.4) is 0 Å². The van der Waals surface area contributed by atoms with E-state index < -0.39 is 0 Å². The van der Waals surface area contributed by atoms with Crippen LogP contribution in [0.15, 0.2) is 53.4 Å². The van der Waals surface area contributed by atoms with Gasteiger partial charge in [0.2, 0.25) is 5.91 Å². The molecule has 1 amide bonds. The molecule has 0 unspecified atom stereocenters. The fourth-order valence-corrected chi connectivity index (χ4v) is 2.60. The first-order valence-corrected chi connectivity index (χ1v) is 7.54. The molecule has 2 aromatic carbocycles. The van der Waals surface area contributed by atoms with E-state index >= 15 is 0 Å². The molecule has 2 aromatic rings. The molecule has 110 valence electrons. The summed E-state index contributed by atoms with van der Waals surface area (Å²) in [5, 5.41) is 3.38. The number of rotatable bonds is 7. The van der Waals surface area contributed by atoms with Crippen LogP contribution in [0.5, 0.6) is 5.75 Å². The maximum Gasteiger partial charge on any atom is 0.227 e. The van der Waals surface area contributed by atoms with Crippen LogP contribution in [0.2, 0.25) is 0 Å². The number of para-hydroxylation sites is 1. The van der Waals surface area contributed by atoms with Crippen molar-refractivity contribution < 1.29 is 9.53 Å². The van der Waals surface area contributed by atoms with Crippen molar-refractivity contribution in [2.24, 2.45) is 5.73 Å². The Bertz CT molecular complexity index is 599. The average molecular weight is 302 g/mol. The zero-order chi connectivity index (χ0) is 15.1. The number of nitrogens with one attached hydrogen (secondary N) is 1. The van der Waals surface area contributed by atoms with E-state index in [0.29, 0.717) is 6.54 Å². The second kappa shape index (κ2) is 7.59. The second-order valence-electron chi connectivity index (χ2n) is 4.45. The third kappa shape index (κ3) is 4.72. The molecule has 3 N–H and O–H groups in total. The summed E-state index contributed by atoms with van der Waals surface area (Å²) < 4.78 is 5.14. The van der Waals surface area contributed by atoms with Crippen LogP contribution in [-0.4, -0.2) is 18.8 Å². The van der Waals surface area contributed by atoms with Crippen molar-refractivity contribution >= 4 is 23.4 Å². The van der Waals surface area contributed by atoms with Crippen molar-refractivity contribution in [1.29, 1.82) is 0 Å². The molecule has 0 aliphatic heterocycles. The number of thioether (sulfide) groups is 1. The molecule has 5 heteroatoms. The van der Waals surface area contributed by atoms with Crippen LogP contribution >= 0.6 is 11.8 Å². The SMILES string of the molecule is COc1ccc(CNc2ccccc2SCC(N)=O)cc1. The lowest BCUT2D eigenvalue weighted by molar-refractivity contribution is -0.115. The number of ether oxygens (including phenoxy) is 1. The summed E-state index contributed by atoms with van der Waals surface area (Å²) in [6.07, 6.45) is 0. The highest BCUT2D eigenvalue weighted by Crippen LogP contribution is 2.27. The topological polar surface area (TPSA) is 64.3 Å². The summed E-state index contributed by atoms with van der Waals surface area (Å²) in [6, 6.07) is 15.8. The maximum absolute atomic E-state index is 10.9. The largest absolute Gasteiger partial charge is 0.497 e. The highest BCUT2D eigenvalue weighted by Gasteiger charge is 2.04. The Morgan fingerprint density at radius 1 is 1.19 bits per heavy atom. The molecular weight excluding hydrogens is 284 g/mol. The molecule has 4 nitrogen and oxygen atoms in total. The zero-order valence-electron chi connectivity index (χ0n) is 11.8. The molecule has 0 bridgehead atoms. The molecule has 0 spiro atoms. The summed E-state index contributed by atoms with van der Waals surface area (Å²) >= 11 is 1.44. The molecular formula is C16H18N2O2S. The Hall–Kier alpha value is -2.14. The van der Waals surface area contributed by atoms with Crippen LogP contribution in [0, 0.1) is 0 Å². The van der Waals surface area contributed by atoms with Gasteiger partial charge in [0.05, 0.1) is 12.9 Å². The molecule has 21 heavy (non-hydrogen) atoms. The molecule has 0 saturated heterocycles. The normalized spacial score (nSPS) is 10.1. The van der Waals surface area contributed by atoms with Crippen LogP contribution < -0.4 is 15.8 Å². The van der Waals surface area contributed by atoms with Gasteiger partial charge in [0.15, 0.2) is 0 Å². The number of methoxy groups -OCH3 is 1. The molecule has 0 heterocycles. The Morgan fingerprint density at radius 2 is 1.90 bits per heavy atom. The number of primary amides is 1. The van der Waals surface area contributed by atoms with Gasteiger partial charge in [0.1, 0.15) is 5.75 Å². The molecule has 0 radical (unpaired) electrons. The Balaban J connectivity index is 2.00. The van der Waals surface area contributed by atoms with E-state index in [2.05, 4.69) is 5.32 Å². The number of anilines is 1. The van der Waals surface area contributed by atoms with Crippen LogP contribution in [-0.2, 0) is 11.3 Å². The van der Waals surface area contributed by atoms with E-state index in [1.54, 1.807) is 7.11 Å². The number of amides is 1. The highest BCUT2D eigenvalue weighted by atomic mass is 32.2. The van der Waals surface area contributed by atoms with E-state index in [0.717, 1.165) is 21.9 Å². The minimum absolute atomic E-state index is 0.279. The average Bonchev–Trinajstić information content (AvgIpc) is 2.52. The summed E-state index contributed by atoms with van der Waals surface area (Å²) in [4.78, 5) is 11.9. The van der Waals surface area contributed by atoms with Gasteiger partial charge in [-0.25, -0.2) is 0 Å². The van der Waals surface area contributed by atoms with Crippen LogP contribution in [0.25, 0.3) is 0 Å². The summed E-state index contributed by atoms with van der Waals surface area (Å²) in [6.45, 7) is 0.706. The lowest BCUT2D eigenvalue weighted by Crippen LogP contribution is -2.13. The van der Waals surface area contributed by atoms with Crippen molar-refractivity contribution in [2.45, 2.75) is 11.4 Å². The number of hydrogen-bond acceptors (Lipinski definition) is 4. The maximum atomic E-state index is 10.9. The van der Waals surface area contributed by atoms with Crippen molar-refractivity contribution in [3.63, 3.8) is 0 Å². The van der Waals surface area contributed by atoms with Gasteiger partial charge < -0.3 is 15.8 Å². The van der Waals surface area contributed by atoms with Gasteiger partial charge in [-0.1, -0.05) is 24.3 Å². The predicted octanol–water partition coefficient (Wildman–Crippen LogP) is 2.88. The van der Waals surface area contributed by atoms with Gasteiger partial charge in [-0.2, -0.15) is 0 Å². The zero-order valence-corrected chi connectivity index (χ0v) is 12.7. The van der Waals surface area contributed by atoms with Gasteiger partial charge in [0.25, 0.3) is 0 Å². The Labute approximate surface area is 128 Å². The van der Waals surface area contributed by atoms with E-state index in [1.807, 2.05) is 48.5 Å². The predicted molar refractivity (Wildman–Crippen MR) is 86.7 cm³/mol. The lowest BCUT2D eigenvalue weighted by atomic mass is 10.2. The Morgan fingerprint density at radius 3 is 2.57 bits per heavy atom. The Kier molecular flexibility index (Phi) is 5.51. The van der Waals surface area contributed by atoms with Gasteiger partial charge in [-0.3, -0.25) is 4.79 Å². The van der Waals surface area contributed by atoms with Gasteiger partial charge in [0, 0.05) is 17.1 Å². The van der Waals surface area contributed by atoms with Crippen molar-refractivity contribution in [3.05, 3.63) is 54.1 Å². The number of nitrogens with two attached hydrogens (primary N) is 1. The first-order chi connectivity index (χ1) is 10.2. The summed E-state index contributed by atoms with van der Waals surface area (Å²) in [5.74, 6) is 0.808. The van der Waals surface area contributed by atoms with E-state index in [-0.39, 0.29) is 11.7 Å². The molecule has 0 aromatic heterocycles. The lowest BCUT2D eigenvalue weighted by Gasteiger charge is -2.11. The smallest absolute Gasteiger partial charge is 0.227 e. The van der Waals surface area contributed by atoms with E-state index in [9.17, 15) is 4.79 Å². The fraction of sp³-hybridized carbons (Fsp3) is 0.188. The standard InChI is InChI=1S/C16H18N2O2S/c1-20-13-8-6-12(7-9-13)10-18-14-4-2-3-5-15(14)21-11-16(17)19/h2-9,18H,10-11H2,1H3,(H2,17,19).